The Bertz CT molecular complexity index is 290. The van der Waals surface area contributed by atoms with Crippen LogP contribution in [0, 0.1) is 11.8 Å². The van der Waals surface area contributed by atoms with E-state index >= 15 is 0 Å². The molecule has 1 saturated heterocycles. The monoisotopic (exact) mass is 286 g/mol. The maximum absolute atomic E-state index is 6.22. The Balaban J connectivity index is 2.70. The molecule has 3 nitrogen and oxygen atoms in total. The van der Waals surface area contributed by atoms with Gasteiger partial charge in [-0.1, -0.05) is 40.0 Å². The van der Waals surface area contributed by atoms with Crippen molar-refractivity contribution in [1.29, 1.82) is 0 Å². The first-order chi connectivity index (χ1) is 9.28. The molecular formula is C17H34O3. The van der Waals surface area contributed by atoms with E-state index in [4.69, 9.17) is 14.2 Å². The molecule has 0 N–H and O–H groups in total. The van der Waals surface area contributed by atoms with Gasteiger partial charge in [-0.15, -0.1) is 0 Å². The van der Waals surface area contributed by atoms with Crippen molar-refractivity contribution in [2.24, 2.45) is 11.8 Å². The number of ether oxygens (including phenoxy) is 3. The lowest BCUT2D eigenvalue weighted by atomic mass is 9.81. The third kappa shape index (κ3) is 4.44. The van der Waals surface area contributed by atoms with Crippen LogP contribution in [0.15, 0.2) is 0 Å². The highest BCUT2D eigenvalue weighted by Gasteiger charge is 2.50. The van der Waals surface area contributed by atoms with E-state index in [-0.39, 0.29) is 11.7 Å². The molecule has 20 heavy (non-hydrogen) atoms. The lowest BCUT2D eigenvalue weighted by molar-refractivity contribution is -0.200. The molecule has 0 bridgehead atoms. The van der Waals surface area contributed by atoms with Crippen LogP contribution in [0.1, 0.15) is 67.2 Å². The van der Waals surface area contributed by atoms with Crippen molar-refractivity contribution in [3.8, 4) is 0 Å². The van der Waals surface area contributed by atoms with Gasteiger partial charge in [0, 0.05) is 7.11 Å². The highest BCUT2D eigenvalue weighted by atomic mass is 16.8. The van der Waals surface area contributed by atoms with Crippen LogP contribution >= 0.6 is 0 Å². The molecule has 120 valence electrons. The zero-order chi connectivity index (χ0) is 15.4. The number of hydrogen-bond acceptors (Lipinski definition) is 3. The predicted octanol–water partition coefficient (Wildman–Crippen LogP) is 4.40. The Hall–Kier alpha value is -0.120. The lowest BCUT2D eigenvalue weighted by Gasteiger charge is -2.30. The van der Waals surface area contributed by atoms with Gasteiger partial charge in [0.25, 0.3) is 0 Å². The molecule has 0 spiro atoms. The summed E-state index contributed by atoms with van der Waals surface area (Å²) in [5, 5.41) is 0. The van der Waals surface area contributed by atoms with Crippen LogP contribution < -0.4 is 0 Å². The number of hydrogen-bond donors (Lipinski definition) is 0. The first-order valence-electron chi connectivity index (χ1n) is 8.15. The zero-order valence-electron chi connectivity index (χ0n) is 14.5. The van der Waals surface area contributed by atoms with E-state index < -0.39 is 5.79 Å². The molecule has 1 rings (SSSR count). The van der Waals surface area contributed by atoms with E-state index in [0.29, 0.717) is 12.5 Å². The average Bonchev–Trinajstić information content (AvgIpc) is 2.56. The third-order valence-electron chi connectivity index (χ3n) is 4.64. The topological polar surface area (TPSA) is 27.7 Å². The molecule has 4 atom stereocenters. The second kappa shape index (κ2) is 7.24. The van der Waals surface area contributed by atoms with Crippen molar-refractivity contribution >= 4 is 0 Å². The molecule has 3 heteroatoms. The minimum absolute atomic E-state index is 0.145. The van der Waals surface area contributed by atoms with E-state index in [1.807, 2.05) is 6.92 Å². The molecule has 0 aromatic heterocycles. The van der Waals surface area contributed by atoms with Gasteiger partial charge in [-0.3, -0.25) is 0 Å². The standard InChI is InChI=1S/C17H34O3/c1-8-10-13(3)14(9-2)11-15-16(4,5)20-17(6,19-15)12-18-7/h13-15H,8-12H2,1-7H3/t13-,14+,15+,17-/m1/s1. The van der Waals surface area contributed by atoms with Crippen LogP contribution in [0.2, 0.25) is 0 Å². The fraction of sp³-hybridized carbons (Fsp3) is 1.00. The van der Waals surface area contributed by atoms with Gasteiger partial charge in [0.1, 0.15) is 6.61 Å². The van der Waals surface area contributed by atoms with Crippen LogP contribution in [0.4, 0.5) is 0 Å². The van der Waals surface area contributed by atoms with Crippen LogP contribution in [0.5, 0.6) is 0 Å². The van der Waals surface area contributed by atoms with Crippen molar-refractivity contribution in [3.63, 3.8) is 0 Å². The molecule has 0 radical (unpaired) electrons. The summed E-state index contributed by atoms with van der Waals surface area (Å²) in [6, 6.07) is 0. The van der Waals surface area contributed by atoms with Gasteiger partial charge in [0.2, 0.25) is 0 Å². The van der Waals surface area contributed by atoms with E-state index in [1.165, 1.54) is 19.3 Å². The van der Waals surface area contributed by atoms with Crippen molar-refractivity contribution in [2.45, 2.75) is 84.7 Å². The summed E-state index contributed by atoms with van der Waals surface area (Å²) in [6.45, 7) is 13.6. The summed E-state index contributed by atoms with van der Waals surface area (Å²) < 4.78 is 17.6. The van der Waals surface area contributed by atoms with Crippen LogP contribution in [0.25, 0.3) is 0 Å². The second-order valence-corrected chi connectivity index (χ2v) is 7.05. The molecule has 1 aliphatic heterocycles. The third-order valence-corrected chi connectivity index (χ3v) is 4.64. The van der Waals surface area contributed by atoms with Gasteiger partial charge < -0.3 is 14.2 Å². The molecule has 0 aromatic carbocycles. The summed E-state index contributed by atoms with van der Waals surface area (Å²) in [7, 11) is 1.69. The van der Waals surface area contributed by atoms with Crippen LogP contribution in [-0.4, -0.2) is 31.2 Å². The molecule has 0 aliphatic carbocycles. The predicted molar refractivity (Wildman–Crippen MR) is 82.8 cm³/mol. The van der Waals surface area contributed by atoms with Crippen molar-refractivity contribution in [1.82, 2.24) is 0 Å². The van der Waals surface area contributed by atoms with Crippen LogP contribution in [-0.2, 0) is 14.2 Å². The van der Waals surface area contributed by atoms with E-state index in [9.17, 15) is 0 Å². The Kier molecular flexibility index (Phi) is 6.49. The molecule has 1 heterocycles. The first-order valence-corrected chi connectivity index (χ1v) is 8.15. The van der Waals surface area contributed by atoms with Gasteiger partial charge in [-0.05, 0) is 39.0 Å². The first kappa shape index (κ1) is 17.9. The smallest absolute Gasteiger partial charge is 0.190 e. The molecule has 0 amide bonds. The minimum Gasteiger partial charge on any atom is -0.379 e. The lowest BCUT2D eigenvalue weighted by Crippen LogP contribution is -2.36. The quantitative estimate of drug-likeness (QED) is 0.662. The maximum atomic E-state index is 6.22. The average molecular weight is 286 g/mol. The van der Waals surface area contributed by atoms with Gasteiger partial charge in [0.15, 0.2) is 5.79 Å². The summed E-state index contributed by atoms with van der Waals surface area (Å²) in [6.07, 6.45) is 4.97. The Morgan fingerprint density at radius 2 is 1.85 bits per heavy atom. The zero-order valence-corrected chi connectivity index (χ0v) is 14.5. The molecule has 0 aromatic rings. The highest BCUT2D eigenvalue weighted by Crippen LogP contribution is 2.41. The molecular weight excluding hydrogens is 252 g/mol. The van der Waals surface area contributed by atoms with Crippen molar-refractivity contribution in [2.75, 3.05) is 13.7 Å². The largest absolute Gasteiger partial charge is 0.379 e. The van der Waals surface area contributed by atoms with Gasteiger partial charge in [-0.25, -0.2) is 0 Å². The van der Waals surface area contributed by atoms with Gasteiger partial charge in [-0.2, -0.15) is 0 Å². The Morgan fingerprint density at radius 1 is 1.20 bits per heavy atom. The number of methoxy groups -OCH3 is 1. The van der Waals surface area contributed by atoms with E-state index in [0.717, 1.165) is 12.3 Å². The fourth-order valence-corrected chi connectivity index (χ4v) is 3.51. The van der Waals surface area contributed by atoms with Crippen molar-refractivity contribution in [3.05, 3.63) is 0 Å². The van der Waals surface area contributed by atoms with Crippen LogP contribution in [0.3, 0.4) is 0 Å². The van der Waals surface area contributed by atoms with Gasteiger partial charge >= 0.3 is 0 Å². The molecule has 0 saturated carbocycles. The normalized spacial score (nSPS) is 32.2. The molecule has 1 fully saturated rings. The van der Waals surface area contributed by atoms with Crippen molar-refractivity contribution < 1.29 is 14.2 Å². The molecule has 1 aliphatic rings. The van der Waals surface area contributed by atoms with Gasteiger partial charge in [0.05, 0.1) is 11.7 Å². The maximum Gasteiger partial charge on any atom is 0.190 e. The SMILES string of the molecule is CCC[C@@H](C)[C@@H](CC)C[C@@H]1O[C@@](C)(COC)OC1(C)C. The summed E-state index contributed by atoms with van der Waals surface area (Å²) in [5.74, 6) is 0.848. The highest BCUT2D eigenvalue weighted by molar-refractivity contribution is 4.92. The molecule has 0 unspecified atom stereocenters. The summed E-state index contributed by atoms with van der Waals surface area (Å²) in [5.41, 5.74) is -0.243. The summed E-state index contributed by atoms with van der Waals surface area (Å²) >= 11 is 0. The summed E-state index contributed by atoms with van der Waals surface area (Å²) in [4.78, 5) is 0. The second-order valence-electron chi connectivity index (χ2n) is 7.05. The Labute approximate surface area is 125 Å². The fourth-order valence-electron chi connectivity index (χ4n) is 3.51. The number of rotatable bonds is 8. The Morgan fingerprint density at radius 3 is 2.35 bits per heavy atom. The van der Waals surface area contributed by atoms with E-state index in [1.54, 1.807) is 7.11 Å². The van der Waals surface area contributed by atoms with E-state index in [2.05, 4.69) is 34.6 Å². The minimum atomic E-state index is -0.602.